The molecule has 1 aliphatic rings. The molecule has 0 aromatic heterocycles. The zero-order chi connectivity index (χ0) is 20.3. The van der Waals surface area contributed by atoms with Crippen molar-refractivity contribution >= 4 is 12.6 Å². The molecular formula is C23H30O4S. The minimum absolute atomic E-state index is 0.128. The molecule has 5 heteroatoms. The summed E-state index contributed by atoms with van der Waals surface area (Å²) in [5, 5.41) is 10.5. The molecular weight excluding hydrogens is 372 g/mol. The predicted molar refractivity (Wildman–Crippen MR) is 115 cm³/mol. The normalized spacial score (nSPS) is 20.5. The van der Waals surface area contributed by atoms with Crippen LogP contribution in [0.2, 0.25) is 0 Å². The Labute approximate surface area is 173 Å². The maximum atomic E-state index is 10.4. The van der Waals surface area contributed by atoms with Crippen LogP contribution < -0.4 is 9.47 Å². The Balaban J connectivity index is 1.79. The molecule has 1 fully saturated rings. The van der Waals surface area contributed by atoms with Crippen molar-refractivity contribution in [1.29, 1.82) is 0 Å². The average Bonchev–Trinajstić information content (AvgIpc) is 3.45. The molecule has 4 atom stereocenters. The molecule has 1 heterocycles. The number of rotatable bonds is 9. The zero-order valence-corrected chi connectivity index (χ0v) is 17.9. The Bertz CT molecular complexity index is 788. The highest BCUT2D eigenvalue weighted by Crippen LogP contribution is 2.46. The first-order valence-electron chi connectivity index (χ1n) is 9.83. The van der Waals surface area contributed by atoms with Gasteiger partial charge in [0, 0.05) is 10.8 Å². The van der Waals surface area contributed by atoms with E-state index in [4.69, 9.17) is 14.2 Å². The van der Waals surface area contributed by atoms with Gasteiger partial charge in [0.2, 0.25) is 0 Å². The molecule has 152 valence electrons. The van der Waals surface area contributed by atoms with Crippen LogP contribution in [0.15, 0.2) is 36.4 Å². The maximum Gasteiger partial charge on any atom is 0.125 e. The smallest absolute Gasteiger partial charge is 0.125 e. The average molecular weight is 403 g/mol. The third kappa shape index (κ3) is 5.02. The third-order valence-electron chi connectivity index (χ3n) is 5.11. The minimum atomic E-state index is -0.516. The second kappa shape index (κ2) is 9.21. The first-order valence-corrected chi connectivity index (χ1v) is 10.3. The summed E-state index contributed by atoms with van der Waals surface area (Å²) in [5.74, 6) is 1.70. The van der Waals surface area contributed by atoms with E-state index in [1.807, 2.05) is 26.0 Å². The lowest BCUT2D eigenvalue weighted by molar-refractivity contribution is 0.127. The topological polar surface area (TPSA) is 51.2 Å². The molecule has 0 aliphatic carbocycles. The van der Waals surface area contributed by atoms with Gasteiger partial charge in [0.25, 0.3) is 0 Å². The van der Waals surface area contributed by atoms with Crippen LogP contribution in [0, 0.1) is 6.92 Å². The van der Waals surface area contributed by atoms with Crippen LogP contribution in [0.5, 0.6) is 11.5 Å². The Morgan fingerprint density at radius 3 is 2.54 bits per heavy atom. The molecule has 0 spiro atoms. The lowest BCUT2D eigenvalue weighted by Gasteiger charge is -2.14. The van der Waals surface area contributed by atoms with E-state index in [2.05, 4.69) is 43.8 Å². The maximum absolute atomic E-state index is 10.4. The van der Waals surface area contributed by atoms with E-state index in [0.29, 0.717) is 13.0 Å². The molecule has 4 unspecified atom stereocenters. The summed E-state index contributed by atoms with van der Waals surface area (Å²) in [7, 11) is 1.67. The quantitative estimate of drug-likeness (QED) is 0.479. The Morgan fingerprint density at radius 2 is 1.93 bits per heavy atom. The van der Waals surface area contributed by atoms with E-state index in [1.165, 1.54) is 16.7 Å². The lowest BCUT2D eigenvalue weighted by atomic mass is 9.94. The van der Waals surface area contributed by atoms with Crippen molar-refractivity contribution in [1.82, 2.24) is 0 Å². The summed E-state index contributed by atoms with van der Waals surface area (Å²) in [6.45, 7) is 6.72. The summed E-state index contributed by atoms with van der Waals surface area (Å²) >= 11 is 4.37. The van der Waals surface area contributed by atoms with E-state index >= 15 is 0 Å². The molecule has 0 radical (unpaired) electrons. The number of aliphatic hydroxyl groups is 1. The molecule has 28 heavy (non-hydrogen) atoms. The summed E-state index contributed by atoms with van der Waals surface area (Å²) in [5.41, 5.74) is 4.63. The van der Waals surface area contributed by atoms with Gasteiger partial charge in [0.1, 0.15) is 23.7 Å². The van der Waals surface area contributed by atoms with Gasteiger partial charge in [-0.3, -0.25) is 0 Å². The van der Waals surface area contributed by atoms with Crippen LogP contribution in [0.3, 0.4) is 0 Å². The zero-order valence-electron chi connectivity index (χ0n) is 17.0. The number of benzene rings is 2. The monoisotopic (exact) mass is 402 g/mol. The van der Waals surface area contributed by atoms with E-state index in [1.54, 1.807) is 7.11 Å². The summed E-state index contributed by atoms with van der Waals surface area (Å²) in [6, 6.07) is 12.4. The van der Waals surface area contributed by atoms with Crippen LogP contribution in [0.4, 0.5) is 0 Å². The molecule has 4 nitrogen and oxygen atoms in total. The summed E-state index contributed by atoms with van der Waals surface area (Å²) < 4.78 is 16.9. The van der Waals surface area contributed by atoms with Gasteiger partial charge in [-0.2, -0.15) is 12.6 Å². The second-order valence-electron chi connectivity index (χ2n) is 7.45. The van der Waals surface area contributed by atoms with Crippen molar-refractivity contribution in [2.45, 2.75) is 57.2 Å². The standard InChI is InChI=1S/C23H30O4S/c1-5-26-18-8-6-16(7-9-18)12-17-13-19(21(25-4)10-14(17)2)22-23(27-22)20(24)11-15(3)28/h6-10,13,15,20,22-24,28H,5,11-12H2,1-4H3. The van der Waals surface area contributed by atoms with Crippen LogP contribution >= 0.6 is 12.6 Å². The Kier molecular flexibility index (Phi) is 6.91. The predicted octanol–water partition coefficient (Wildman–Crippen LogP) is 4.50. The number of methoxy groups -OCH3 is 1. The van der Waals surface area contributed by atoms with Crippen molar-refractivity contribution in [3.63, 3.8) is 0 Å². The van der Waals surface area contributed by atoms with Crippen LogP contribution in [0.25, 0.3) is 0 Å². The SMILES string of the molecule is CCOc1ccc(Cc2cc(C3OC3C(O)CC(C)S)c(OC)cc2C)cc1. The molecule has 0 saturated carbocycles. The number of thiol groups is 1. The van der Waals surface area contributed by atoms with Crippen LogP contribution in [-0.4, -0.2) is 36.3 Å². The molecule has 0 bridgehead atoms. The number of aryl methyl sites for hydroxylation is 1. The molecule has 1 N–H and O–H groups in total. The van der Waals surface area contributed by atoms with Gasteiger partial charge >= 0.3 is 0 Å². The van der Waals surface area contributed by atoms with Gasteiger partial charge in [0.05, 0.1) is 19.8 Å². The van der Waals surface area contributed by atoms with Gasteiger partial charge in [-0.05, 0) is 67.6 Å². The van der Waals surface area contributed by atoms with Crippen molar-refractivity contribution in [2.75, 3.05) is 13.7 Å². The highest BCUT2D eigenvalue weighted by atomic mass is 32.1. The molecule has 1 aliphatic heterocycles. The fourth-order valence-corrected chi connectivity index (χ4v) is 3.79. The fourth-order valence-electron chi connectivity index (χ4n) is 3.58. The largest absolute Gasteiger partial charge is 0.496 e. The van der Waals surface area contributed by atoms with E-state index in [-0.39, 0.29) is 17.5 Å². The third-order valence-corrected chi connectivity index (χ3v) is 5.32. The first-order chi connectivity index (χ1) is 13.4. The van der Waals surface area contributed by atoms with Crippen molar-refractivity contribution in [2.24, 2.45) is 0 Å². The fraction of sp³-hybridized carbons (Fsp3) is 0.478. The molecule has 1 saturated heterocycles. The number of hydrogen-bond donors (Lipinski definition) is 2. The summed E-state index contributed by atoms with van der Waals surface area (Å²) in [4.78, 5) is 0. The second-order valence-corrected chi connectivity index (χ2v) is 8.33. The summed E-state index contributed by atoms with van der Waals surface area (Å²) in [6.07, 6.45) is 0.597. The van der Waals surface area contributed by atoms with Crippen molar-refractivity contribution in [3.05, 3.63) is 58.7 Å². The van der Waals surface area contributed by atoms with Crippen LogP contribution in [-0.2, 0) is 11.2 Å². The van der Waals surface area contributed by atoms with Gasteiger partial charge in [-0.25, -0.2) is 0 Å². The van der Waals surface area contributed by atoms with Gasteiger partial charge in [0.15, 0.2) is 0 Å². The van der Waals surface area contributed by atoms with E-state index < -0.39 is 6.10 Å². The van der Waals surface area contributed by atoms with Crippen LogP contribution in [0.1, 0.15) is 48.6 Å². The Hall–Kier alpha value is -1.69. The number of aliphatic hydroxyl groups excluding tert-OH is 1. The number of epoxide rings is 1. The van der Waals surface area contributed by atoms with Crippen molar-refractivity contribution < 1.29 is 19.3 Å². The highest BCUT2D eigenvalue weighted by Gasteiger charge is 2.47. The van der Waals surface area contributed by atoms with Crippen molar-refractivity contribution in [3.8, 4) is 11.5 Å². The van der Waals surface area contributed by atoms with Gasteiger partial charge in [-0.1, -0.05) is 19.1 Å². The molecule has 2 aromatic carbocycles. The lowest BCUT2D eigenvalue weighted by Crippen LogP contribution is -2.19. The molecule has 3 rings (SSSR count). The molecule has 0 amide bonds. The van der Waals surface area contributed by atoms with E-state index in [9.17, 15) is 5.11 Å². The first kappa shape index (κ1) is 21.0. The van der Waals surface area contributed by atoms with E-state index in [0.717, 1.165) is 23.5 Å². The minimum Gasteiger partial charge on any atom is -0.496 e. The highest BCUT2D eigenvalue weighted by molar-refractivity contribution is 7.80. The number of hydrogen-bond acceptors (Lipinski definition) is 5. The molecule has 2 aromatic rings. The number of ether oxygens (including phenoxy) is 3. The van der Waals surface area contributed by atoms with Gasteiger partial charge < -0.3 is 19.3 Å². The Morgan fingerprint density at radius 1 is 1.21 bits per heavy atom. The van der Waals surface area contributed by atoms with Gasteiger partial charge in [-0.15, -0.1) is 0 Å².